The number of methoxy groups -OCH3 is 1. The second kappa shape index (κ2) is 9.34. The average molecular weight is 576 g/mol. The number of rotatable bonds is 5. The number of aromatic nitrogens is 1. The second-order valence-electron chi connectivity index (χ2n) is 11.3. The second-order valence-corrected chi connectivity index (χ2v) is 13.5. The van der Waals surface area contributed by atoms with Crippen molar-refractivity contribution in [3.05, 3.63) is 74.2 Å². The maximum atomic E-state index is 13.9. The van der Waals surface area contributed by atoms with Crippen LogP contribution in [0.5, 0.6) is 5.75 Å². The molecule has 2 aliphatic carbocycles. The van der Waals surface area contributed by atoms with Crippen molar-refractivity contribution in [2.24, 2.45) is 29.6 Å². The Balaban J connectivity index is 1.20. The van der Waals surface area contributed by atoms with Gasteiger partial charge in [0.1, 0.15) is 11.8 Å². The Bertz CT molecular complexity index is 1580. The van der Waals surface area contributed by atoms with Crippen molar-refractivity contribution in [2.45, 2.75) is 42.5 Å². The number of amides is 3. The minimum Gasteiger partial charge on any atom is -0.497 e. The molecule has 10 heteroatoms. The summed E-state index contributed by atoms with van der Waals surface area (Å²) in [6, 6.07) is 14.5. The molecule has 0 spiro atoms. The molecular weight excluding hydrogens is 546 g/mol. The first-order valence-corrected chi connectivity index (χ1v) is 15.2. The highest BCUT2D eigenvalue weighted by molar-refractivity contribution is 8.00. The average Bonchev–Trinajstić information content (AvgIpc) is 3.68. The molecule has 206 valence electrons. The zero-order valence-corrected chi connectivity index (χ0v) is 23.9. The normalized spacial score (nSPS) is 30.6. The number of nitrogens with zero attached hydrogens (tertiary/aromatic N) is 1. The Hall–Kier alpha value is -3.37. The minimum absolute atomic E-state index is 0.00114. The Morgan fingerprint density at radius 3 is 2.38 bits per heavy atom. The SMILES string of the molecule is COc1ccc(C2c3sc(=O)[nH]c3SC3C4CC(C5C(=O)N(C(C)C(=O)Nc6ccc(C)cc6)C(=O)C45)C23)cc1. The van der Waals surface area contributed by atoms with Crippen molar-refractivity contribution >= 4 is 46.5 Å². The molecule has 2 N–H and O–H groups in total. The number of likely N-dealkylation sites (tertiary alicyclic amines) is 1. The first kappa shape index (κ1) is 25.6. The molecule has 3 fully saturated rings. The predicted molar refractivity (Wildman–Crippen MR) is 153 cm³/mol. The number of imide groups is 1. The summed E-state index contributed by atoms with van der Waals surface area (Å²) in [4.78, 5) is 58.5. The van der Waals surface area contributed by atoms with Crippen LogP contribution in [0.1, 0.15) is 35.3 Å². The number of anilines is 1. The van der Waals surface area contributed by atoms with Crippen molar-refractivity contribution in [1.82, 2.24) is 9.88 Å². The molecule has 3 heterocycles. The van der Waals surface area contributed by atoms with E-state index in [9.17, 15) is 19.2 Å². The summed E-state index contributed by atoms with van der Waals surface area (Å²) in [6.07, 6.45) is 0.804. The number of thiazole rings is 1. The Kier molecular flexibility index (Phi) is 5.98. The van der Waals surface area contributed by atoms with Crippen LogP contribution in [0.15, 0.2) is 58.4 Å². The number of hydrogen-bond acceptors (Lipinski definition) is 7. The fraction of sp³-hybridized carbons (Fsp3) is 0.400. The highest BCUT2D eigenvalue weighted by atomic mass is 32.2. The van der Waals surface area contributed by atoms with Crippen LogP contribution in [0.3, 0.4) is 0 Å². The molecule has 1 saturated heterocycles. The highest BCUT2D eigenvalue weighted by Crippen LogP contribution is 2.68. The summed E-state index contributed by atoms with van der Waals surface area (Å²) in [5, 5.41) is 3.84. The lowest BCUT2D eigenvalue weighted by Crippen LogP contribution is -2.46. The fourth-order valence-electron chi connectivity index (χ4n) is 7.61. The zero-order valence-electron chi connectivity index (χ0n) is 22.2. The number of aryl methyl sites for hydroxylation is 1. The van der Waals surface area contributed by atoms with E-state index in [2.05, 4.69) is 10.3 Å². The molecule has 1 aromatic heterocycles. The van der Waals surface area contributed by atoms with Crippen LogP contribution < -0.4 is 14.9 Å². The number of thioether (sulfide) groups is 1. The van der Waals surface area contributed by atoms with E-state index >= 15 is 0 Å². The topological polar surface area (TPSA) is 109 Å². The summed E-state index contributed by atoms with van der Waals surface area (Å²) in [5.74, 6) is -0.890. The van der Waals surface area contributed by atoms with Gasteiger partial charge in [0.2, 0.25) is 17.7 Å². The van der Waals surface area contributed by atoms with Crippen LogP contribution in [0.4, 0.5) is 5.69 Å². The molecule has 8 unspecified atom stereocenters. The summed E-state index contributed by atoms with van der Waals surface area (Å²) in [5.41, 5.74) is 2.79. The summed E-state index contributed by atoms with van der Waals surface area (Å²) >= 11 is 2.90. The molecule has 8 atom stereocenters. The van der Waals surface area contributed by atoms with Crippen LogP contribution in [-0.2, 0) is 14.4 Å². The van der Waals surface area contributed by atoms with Gasteiger partial charge >= 0.3 is 4.87 Å². The number of nitrogens with one attached hydrogen (secondary N) is 2. The molecule has 2 aromatic carbocycles. The molecule has 40 heavy (non-hydrogen) atoms. The number of ether oxygens (including phenoxy) is 1. The third-order valence-electron chi connectivity index (χ3n) is 9.32. The van der Waals surface area contributed by atoms with Gasteiger partial charge < -0.3 is 15.0 Å². The number of fused-ring (bicyclic) bond motifs is 9. The maximum Gasteiger partial charge on any atom is 0.305 e. The highest BCUT2D eigenvalue weighted by Gasteiger charge is 2.70. The van der Waals surface area contributed by atoms with E-state index in [4.69, 9.17) is 4.74 Å². The van der Waals surface area contributed by atoms with Crippen LogP contribution in [0.25, 0.3) is 0 Å². The molecule has 4 aliphatic rings. The quantitative estimate of drug-likeness (QED) is 0.441. The lowest BCUT2D eigenvalue weighted by atomic mass is 9.68. The van der Waals surface area contributed by atoms with Gasteiger partial charge in [-0.15, -0.1) is 11.8 Å². The molecule has 7 rings (SSSR count). The van der Waals surface area contributed by atoms with Crippen LogP contribution in [-0.4, -0.2) is 46.0 Å². The molecule has 0 radical (unpaired) electrons. The molecular formula is C30H29N3O5S2. The fourth-order valence-corrected chi connectivity index (χ4v) is 10.5. The Morgan fingerprint density at radius 2 is 1.70 bits per heavy atom. The number of benzene rings is 2. The van der Waals surface area contributed by atoms with Gasteiger partial charge in [-0.25, -0.2) is 0 Å². The zero-order chi connectivity index (χ0) is 27.9. The Morgan fingerprint density at radius 1 is 1.02 bits per heavy atom. The van der Waals surface area contributed by atoms with Gasteiger partial charge in [0.25, 0.3) is 0 Å². The summed E-state index contributed by atoms with van der Waals surface area (Å²) in [7, 11) is 1.63. The number of H-pyrrole nitrogens is 1. The van der Waals surface area contributed by atoms with E-state index in [-0.39, 0.29) is 51.5 Å². The van der Waals surface area contributed by atoms with Gasteiger partial charge in [-0.05, 0) is 67.9 Å². The first-order chi connectivity index (χ1) is 19.3. The lowest BCUT2D eigenvalue weighted by molar-refractivity contribution is -0.146. The molecule has 2 aliphatic heterocycles. The maximum absolute atomic E-state index is 13.9. The van der Waals surface area contributed by atoms with Crippen molar-refractivity contribution in [3.63, 3.8) is 0 Å². The first-order valence-electron chi connectivity index (χ1n) is 13.5. The van der Waals surface area contributed by atoms with E-state index in [1.807, 2.05) is 55.5 Å². The standard InChI is InChI=1S/C30H29N3O5S2/c1-13-4-8-16(9-5-13)31-26(34)14(2)33-28(35)22-18-12-19(23(22)29(33)36)24-21(18)20(15-6-10-17(38-3)11-7-15)25-27(39-24)32-30(37)40-25/h4-11,14,18-24H,12H2,1-3H3,(H,31,34)(H,32,37). The monoisotopic (exact) mass is 575 g/mol. The van der Waals surface area contributed by atoms with Gasteiger partial charge in [0, 0.05) is 21.7 Å². The van der Waals surface area contributed by atoms with Gasteiger partial charge in [0.15, 0.2) is 0 Å². The van der Waals surface area contributed by atoms with Crippen molar-refractivity contribution < 1.29 is 19.1 Å². The summed E-state index contributed by atoms with van der Waals surface area (Å²) in [6.45, 7) is 3.60. The number of aromatic amines is 1. The van der Waals surface area contributed by atoms with Crippen molar-refractivity contribution in [2.75, 3.05) is 12.4 Å². The van der Waals surface area contributed by atoms with Crippen molar-refractivity contribution in [3.8, 4) is 5.75 Å². The molecule has 2 bridgehead atoms. The molecule has 8 nitrogen and oxygen atoms in total. The van der Waals surface area contributed by atoms with Gasteiger partial charge in [-0.3, -0.25) is 24.1 Å². The Labute approximate surface area is 239 Å². The smallest absolute Gasteiger partial charge is 0.305 e. The van der Waals surface area contributed by atoms with Crippen LogP contribution in [0.2, 0.25) is 0 Å². The van der Waals surface area contributed by atoms with Crippen LogP contribution in [0, 0.1) is 36.5 Å². The largest absolute Gasteiger partial charge is 0.497 e. The number of carbonyl (C=O) groups is 3. The van der Waals surface area contributed by atoms with Gasteiger partial charge in [-0.1, -0.05) is 41.2 Å². The molecule has 3 amide bonds. The van der Waals surface area contributed by atoms with E-state index in [0.29, 0.717) is 5.69 Å². The third-order valence-corrected chi connectivity index (χ3v) is 11.9. The van der Waals surface area contributed by atoms with E-state index in [1.54, 1.807) is 25.8 Å². The predicted octanol–water partition coefficient (Wildman–Crippen LogP) is 4.25. The van der Waals surface area contributed by atoms with Gasteiger partial charge in [-0.2, -0.15) is 0 Å². The molecule has 3 aromatic rings. The summed E-state index contributed by atoms with van der Waals surface area (Å²) < 4.78 is 5.37. The number of hydrogen-bond donors (Lipinski definition) is 2. The van der Waals surface area contributed by atoms with E-state index in [1.165, 1.54) is 16.2 Å². The lowest BCUT2D eigenvalue weighted by Gasteiger charge is -2.43. The van der Waals surface area contributed by atoms with E-state index < -0.39 is 17.9 Å². The van der Waals surface area contributed by atoms with E-state index in [0.717, 1.165) is 33.2 Å². The van der Waals surface area contributed by atoms with Gasteiger partial charge in [0.05, 0.1) is 24.0 Å². The third kappa shape index (κ3) is 3.72. The number of carbonyl (C=O) groups excluding carboxylic acids is 3. The van der Waals surface area contributed by atoms with Crippen LogP contribution >= 0.6 is 23.1 Å². The minimum atomic E-state index is -0.906. The van der Waals surface area contributed by atoms with Crippen molar-refractivity contribution in [1.29, 1.82) is 0 Å². The molecule has 2 saturated carbocycles.